The van der Waals surface area contributed by atoms with Crippen molar-refractivity contribution in [3.63, 3.8) is 0 Å². The summed E-state index contributed by atoms with van der Waals surface area (Å²) in [5, 5.41) is 35.8. The molecule has 6 rings (SSSR count). The van der Waals surface area contributed by atoms with Gasteiger partial charge in [-0.2, -0.15) is 38.3 Å². The number of hydrogen-bond acceptors (Lipinski definition) is 20. The Bertz CT molecular complexity index is 2710. The molecule has 0 saturated carbocycles. The molecule has 0 spiro atoms. The van der Waals surface area contributed by atoms with E-state index in [4.69, 9.17) is 9.59 Å². The highest BCUT2D eigenvalue weighted by Gasteiger charge is 2.17. The van der Waals surface area contributed by atoms with Gasteiger partial charge in [0, 0.05) is 67.0 Å². The van der Waals surface area contributed by atoms with Crippen molar-refractivity contribution in [3.8, 4) is 0 Å². The zero-order valence-electron chi connectivity index (χ0n) is 33.1. The Morgan fingerprint density at radius 3 is 1.37 bits per heavy atom. The fourth-order valence-electron chi connectivity index (χ4n) is 5.44. The molecule has 0 unspecified atom stereocenters. The summed E-state index contributed by atoms with van der Waals surface area (Å²) < 4.78 is 40.3. The number of anilines is 10. The normalized spacial score (nSPS) is 11.1. The SMILES string of the molecule is CNC(=O)c1ccc(Nc2nc(NC)nc(Nc3ccc(C=Cc4ccc(Nc5nc(NC)nc(Nc6ccc(C(=O)NC)cc6)n5)cc4S(=O)(=O)O)c(SOOO)c3)n2)cc1. The molecule has 4 aromatic carbocycles. The van der Waals surface area contributed by atoms with Crippen LogP contribution in [-0.2, 0) is 19.5 Å². The van der Waals surface area contributed by atoms with E-state index < -0.39 is 15.0 Å². The van der Waals surface area contributed by atoms with Gasteiger partial charge in [0.1, 0.15) is 4.90 Å². The largest absolute Gasteiger partial charge is 0.357 e. The first-order chi connectivity index (χ1) is 29.9. The van der Waals surface area contributed by atoms with Crippen molar-refractivity contribution in [2.45, 2.75) is 9.79 Å². The van der Waals surface area contributed by atoms with Crippen LogP contribution >= 0.6 is 12.0 Å². The van der Waals surface area contributed by atoms with E-state index in [1.807, 2.05) is 0 Å². The second kappa shape index (κ2) is 20.2. The standard InChI is InChI=1S/C38H38N14O8S2/c1-39-31(53)23-9-13-25(14-10-23)43-35-47-33(41-3)49-37(51-35)45-27-17-7-21(29(19-27)61-60-59-55)5-6-22-8-18-28(20-30(22)62(56,57)58)46-38-50-34(42-4)48-36(52-38)44-26-15-11-24(12-16-26)32(54)40-2/h5-20,55H,1-4H3,(H,39,53)(H,40,54)(H,56,57,58)(H3,41,43,45,47,49,51)(H3,42,44,46,48,50,52). The van der Waals surface area contributed by atoms with Crippen molar-refractivity contribution in [1.29, 1.82) is 0 Å². The summed E-state index contributed by atoms with van der Waals surface area (Å²) in [4.78, 5) is 49.9. The van der Waals surface area contributed by atoms with Crippen molar-refractivity contribution in [3.05, 3.63) is 107 Å². The van der Waals surface area contributed by atoms with Gasteiger partial charge in [-0.25, -0.2) is 5.26 Å². The van der Waals surface area contributed by atoms with E-state index in [9.17, 15) is 22.6 Å². The van der Waals surface area contributed by atoms with E-state index in [1.165, 1.54) is 25.3 Å². The molecule has 2 amide bonds. The summed E-state index contributed by atoms with van der Waals surface area (Å²) in [5.74, 6) is 0.497. The van der Waals surface area contributed by atoms with E-state index in [2.05, 4.69) is 77.5 Å². The molecule has 62 heavy (non-hydrogen) atoms. The molecule has 0 aliphatic carbocycles. The molecule has 0 fully saturated rings. The molecule has 2 aromatic heterocycles. The van der Waals surface area contributed by atoms with Gasteiger partial charge in [-0.15, -0.1) is 4.33 Å². The van der Waals surface area contributed by atoms with Gasteiger partial charge < -0.3 is 42.5 Å². The second-order valence-corrected chi connectivity index (χ2v) is 14.6. The predicted molar refractivity (Wildman–Crippen MR) is 234 cm³/mol. The second-order valence-electron chi connectivity index (χ2n) is 12.5. The van der Waals surface area contributed by atoms with Crippen molar-refractivity contribution in [2.75, 3.05) is 60.1 Å². The Labute approximate surface area is 358 Å². The van der Waals surface area contributed by atoms with Crippen molar-refractivity contribution in [2.24, 2.45) is 0 Å². The number of benzene rings is 4. The number of hydrogen-bond donors (Lipinski definition) is 10. The fraction of sp³-hybridized carbons (Fsp3) is 0.105. The number of nitrogens with zero attached hydrogens (tertiary/aromatic N) is 6. The van der Waals surface area contributed by atoms with Crippen LogP contribution in [0.25, 0.3) is 12.2 Å². The van der Waals surface area contributed by atoms with Crippen LogP contribution in [0.5, 0.6) is 0 Å². The summed E-state index contributed by atoms with van der Waals surface area (Å²) in [5.41, 5.74) is 3.46. The van der Waals surface area contributed by atoms with Gasteiger partial charge in [-0.1, -0.05) is 29.3 Å². The van der Waals surface area contributed by atoms with Gasteiger partial charge in [0.25, 0.3) is 21.9 Å². The monoisotopic (exact) mass is 882 g/mol. The minimum absolute atomic E-state index is 0.0421. The average Bonchev–Trinajstić information content (AvgIpc) is 3.27. The molecule has 0 bridgehead atoms. The van der Waals surface area contributed by atoms with Gasteiger partial charge in [-0.3, -0.25) is 14.1 Å². The lowest BCUT2D eigenvalue weighted by Crippen LogP contribution is -2.17. The van der Waals surface area contributed by atoms with Crippen LogP contribution in [0.4, 0.5) is 58.4 Å². The van der Waals surface area contributed by atoms with Crippen LogP contribution in [-0.4, -0.2) is 88.1 Å². The van der Waals surface area contributed by atoms with E-state index in [-0.39, 0.29) is 58.8 Å². The lowest BCUT2D eigenvalue weighted by molar-refractivity contribution is -0.432. The molecule has 0 atom stereocenters. The van der Waals surface area contributed by atoms with Gasteiger partial charge >= 0.3 is 0 Å². The van der Waals surface area contributed by atoms with Gasteiger partial charge in [0.15, 0.2) is 0 Å². The van der Waals surface area contributed by atoms with Crippen molar-refractivity contribution < 1.29 is 37.2 Å². The summed E-state index contributed by atoms with van der Waals surface area (Å²) >= 11 is 0.652. The molecule has 0 saturated heterocycles. The Morgan fingerprint density at radius 2 is 0.952 bits per heavy atom. The maximum atomic E-state index is 12.7. The molecule has 0 aliphatic rings. The van der Waals surface area contributed by atoms with Gasteiger partial charge in [0.2, 0.25) is 35.7 Å². The summed E-state index contributed by atoms with van der Waals surface area (Å²) in [6, 6.07) is 22.5. The number of amides is 2. The van der Waals surface area contributed by atoms with Crippen molar-refractivity contribution in [1.82, 2.24) is 40.5 Å². The molecule has 10 N–H and O–H groups in total. The summed E-state index contributed by atoms with van der Waals surface area (Å²) in [7, 11) is 1.57. The topological polar surface area (TPSA) is 301 Å². The van der Waals surface area contributed by atoms with Crippen LogP contribution in [0.1, 0.15) is 31.8 Å². The highest BCUT2D eigenvalue weighted by atomic mass is 32.2. The third-order valence-corrected chi connectivity index (χ3v) is 9.96. The Hall–Kier alpha value is -7.48. The fourth-order valence-corrected chi connectivity index (χ4v) is 6.66. The smallest absolute Gasteiger partial charge is 0.295 e. The zero-order valence-corrected chi connectivity index (χ0v) is 34.7. The zero-order chi connectivity index (χ0) is 44.2. The number of nitrogens with one attached hydrogen (secondary N) is 8. The first kappa shape index (κ1) is 44.1. The Kier molecular flexibility index (Phi) is 14.4. The molecule has 2 heterocycles. The number of aromatic nitrogens is 6. The van der Waals surface area contributed by atoms with Crippen LogP contribution in [0.15, 0.2) is 94.7 Å². The van der Waals surface area contributed by atoms with Crippen LogP contribution in [0.2, 0.25) is 0 Å². The van der Waals surface area contributed by atoms with Crippen LogP contribution in [0, 0.1) is 0 Å². The van der Waals surface area contributed by atoms with Crippen LogP contribution in [0.3, 0.4) is 0 Å². The minimum Gasteiger partial charge on any atom is -0.357 e. The van der Waals surface area contributed by atoms with Gasteiger partial charge in [0.05, 0.1) is 12.0 Å². The van der Waals surface area contributed by atoms with E-state index in [0.717, 1.165) is 0 Å². The maximum absolute atomic E-state index is 12.7. The molecule has 0 radical (unpaired) electrons. The Morgan fingerprint density at radius 1 is 0.565 bits per heavy atom. The van der Waals surface area contributed by atoms with Gasteiger partial charge in [-0.05, 0) is 83.9 Å². The first-order valence-corrected chi connectivity index (χ1v) is 20.2. The molecule has 0 aliphatic heterocycles. The molecule has 320 valence electrons. The van der Waals surface area contributed by atoms with E-state index in [1.54, 1.807) is 100 Å². The average molecular weight is 883 g/mol. The quantitative estimate of drug-likeness (QED) is 0.0163. The summed E-state index contributed by atoms with van der Waals surface area (Å²) in [6.07, 6.45) is 3.02. The lowest BCUT2D eigenvalue weighted by Gasteiger charge is -2.12. The minimum atomic E-state index is -4.76. The molecular weight excluding hydrogens is 845 g/mol. The van der Waals surface area contributed by atoms with Crippen LogP contribution < -0.4 is 42.5 Å². The summed E-state index contributed by atoms with van der Waals surface area (Å²) in [6.45, 7) is 0. The highest BCUT2D eigenvalue weighted by Crippen LogP contribution is 2.32. The number of carbonyl (C=O) groups excluding carboxylic acids is 2. The third-order valence-electron chi connectivity index (χ3n) is 8.39. The maximum Gasteiger partial charge on any atom is 0.295 e. The molecule has 6 aromatic rings. The lowest BCUT2D eigenvalue weighted by atomic mass is 10.1. The third kappa shape index (κ3) is 11.6. The molecule has 24 heteroatoms. The van der Waals surface area contributed by atoms with E-state index in [0.29, 0.717) is 50.7 Å². The Balaban J connectivity index is 1.21. The van der Waals surface area contributed by atoms with Crippen molar-refractivity contribution >= 4 is 105 Å². The van der Waals surface area contributed by atoms with E-state index >= 15 is 0 Å². The highest BCUT2D eigenvalue weighted by molar-refractivity contribution is 7.94. The first-order valence-electron chi connectivity index (χ1n) is 18.1. The molecular formula is C38H38N14O8S2. The number of carbonyl (C=O) groups is 2. The number of rotatable bonds is 18. The predicted octanol–water partition coefficient (Wildman–Crippen LogP) is 5.68. The molecule has 22 nitrogen and oxygen atoms in total.